The smallest absolute Gasteiger partial charge is 0.194 e. The molecule has 6 heteroatoms. The lowest BCUT2D eigenvalue weighted by Gasteiger charge is -2.21. The van der Waals surface area contributed by atoms with E-state index in [9.17, 15) is 0 Å². The van der Waals surface area contributed by atoms with Crippen molar-refractivity contribution in [2.75, 3.05) is 32.8 Å². The van der Waals surface area contributed by atoms with E-state index in [0.717, 1.165) is 57.3 Å². The number of guanidine groups is 1. The van der Waals surface area contributed by atoms with E-state index >= 15 is 0 Å². The molecule has 0 spiro atoms. The van der Waals surface area contributed by atoms with Gasteiger partial charge in [-0.25, -0.2) is 0 Å². The first-order chi connectivity index (χ1) is 10.4. The normalized spacial score (nSPS) is 21.9. The molecule has 1 aromatic heterocycles. The maximum Gasteiger partial charge on any atom is 0.194 e. The summed E-state index contributed by atoms with van der Waals surface area (Å²) in [6, 6.07) is 3.95. The lowest BCUT2D eigenvalue weighted by Crippen LogP contribution is -2.41. The number of ether oxygens (including phenoxy) is 1. The van der Waals surface area contributed by atoms with Gasteiger partial charge >= 0.3 is 0 Å². The summed E-state index contributed by atoms with van der Waals surface area (Å²) in [7, 11) is 0. The van der Waals surface area contributed by atoms with Crippen LogP contribution in [0.25, 0.3) is 0 Å². The van der Waals surface area contributed by atoms with Gasteiger partial charge in [0.1, 0.15) is 5.76 Å². The molecule has 0 radical (unpaired) electrons. The summed E-state index contributed by atoms with van der Waals surface area (Å²) in [5.74, 6) is 2.05. The van der Waals surface area contributed by atoms with Gasteiger partial charge in [-0.05, 0) is 37.8 Å². The highest BCUT2D eigenvalue weighted by Gasteiger charge is 2.18. The molecule has 1 atom stereocenters. The number of nitrogens with one attached hydrogen (secondary N) is 1. The van der Waals surface area contributed by atoms with Crippen LogP contribution in [0.3, 0.4) is 0 Å². The number of likely N-dealkylation sites (tertiary alicyclic amines) is 1. The number of hydrogen-bond donors (Lipinski definition) is 1. The van der Waals surface area contributed by atoms with E-state index in [4.69, 9.17) is 14.1 Å². The van der Waals surface area contributed by atoms with Crippen molar-refractivity contribution in [2.45, 2.75) is 38.2 Å². The Labute approximate surface area is 149 Å². The summed E-state index contributed by atoms with van der Waals surface area (Å²) in [5.41, 5.74) is 0. The van der Waals surface area contributed by atoms with Gasteiger partial charge in [0.2, 0.25) is 0 Å². The second-order valence-corrected chi connectivity index (χ2v) is 5.75. The van der Waals surface area contributed by atoms with Crippen LogP contribution in [-0.2, 0) is 11.2 Å². The van der Waals surface area contributed by atoms with Crippen LogP contribution in [0, 0.1) is 0 Å². The van der Waals surface area contributed by atoms with Crippen molar-refractivity contribution in [1.29, 1.82) is 0 Å². The van der Waals surface area contributed by atoms with Gasteiger partial charge in [0.15, 0.2) is 5.96 Å². The minimum absolute atomic E-state index is 0. The van der Waals surface area contributed by atoms with Crippen molar-refractivity contribution in [3.63, 3.8) is 0 Å². The number of hydrogen-bond acceptors (Lipinski definition) is 3. The molecule has 2 aliphatic rings. The fourth-order valence-electron chi connectivity index (χ4n) is 2.93. The van der Waals surface area contributed by atoms with Crippen LogP contribution in [0.2, 0.25) is 0 Å². The summed E-state index contributed by atoms with van der Waals surface area (Å²) in [6.45, 7) is 4.75. The number of nitrogens with zero attached hydrogens (tertiary/aromatic N) is 2. The third-order valence-electron chi connectivity index (χ3n) is 4.11. The molecule has 1 N–H and O–H groups in total. The Morgan fingerprint density at radius 3 is 2.86 bits per heavy atom. The van der Waals surface area contributed by atoms with Gasteiger partial charge < -0.3 is 19.4 Å². The summed E-state index contributed by atoms with van der Waals surface area (Å²) >= 11 is 0. The van der Waals surface area contributed by atoms with E-state index in [1.165, 1.54) is 19.3 Å². The average molecular weight is 419 g/mol. The SMILES string of the molecule is I.c1coc(CCNC(=NCC2CCCO2)N2CCCC2)c1. The Kier molecular flexibility index (Phi) is 7.51. The lowest BCUT2D eigenvalue weighted by atomic mass is 10.2. The maximum absolute atomic E-state index is 5.66. The molecule has 124 valence electrons. The Bertz CT molecular complexity index is 438. The quantitative estimate of drug-likeness (QED) is 0.453. The number of furan rings is 1. The first kappa shape index (κ1) is 17.6. The third kappa shape index (κ3) is 5.15. The van der Waals surface area contributed by atoms with Gasteiger partial charge in [0, 0.05) is 32.7 Å². The Morgan fingerprint density at radius 2 is 2.18 bits per heavy atom. The fourth-order valence-corrected chi connectivity index (χ4v) is 2.93. The molecular formula is C16H26IN3O2. The van der Waals surface area contributed by atoms with E-state index < -0.39 is 0 Å². The Morgan fingerprint density at radius 1 is 1.32 bits per heavy atom. The predicted molar refractivity (Wildman–Crippen MR) is 97.9 cm³/mol. The van der Waals surface area contributed by atoms with Crippen LogP contribution in [0.15, 0.2) is 27.8 Å². The lowest BCUT2D eigenvalue weighted by molar-refractivity contribution is 0.117. The zero-order chi connectivity index (χ0) is 14.3. The van der Waals surface area contributed by atoms with Gasteiger partial charge in [-0.1, -0.05) is 0 Å². The second kappa shape index (κ2) is 9.39. The van der Waals surface area contributed by atoms with Crippen molar-refractivity contribution in [3.8, 4) is 0 Å². The first-order valence-electron chi connectivity index (χ1n) is 8.09. The molecule has 2 aliphatic heterocycles. The molecule has 5 nitrogen and oxygen atoms in total. The summed E-state index contributed by atoms with van der Waals surface area (Å²) in [5, 5.41) is 3.48. The molecule has 3 rings (SSSR count). The Balaban J connectivity index is 0.00000176. The van der Waals surface area contributed by atoms with Crippen molar-refractivity contribution in [2.24, 2.45) is 4.99 Å². The number of rotatable bonds is 5. The van der Waals surface area contributed by atoms with Crippen LogP contribution in [0.1, 0.15) is 31.4 Å². The van der Waals surface area contributed by atoms with Crippen LogP contribution in [0.4, 0.5) is 0 Å². The maximum atomic E-state index is 5.66. The van der Waals surface area contributed by atoms with E-state index in [1.807, 2.05) is 12.1 Å². The van der Waals surface area contributed by atoms with Crippen molar-refractivity contribution >= 4 is 29.9 Å². The average Bonchev–Trinajstić information content (AvgIpc) is 3.25. The van der Waals surface area contributed by atoms with E-state index in [1.54, 1.807) is 6.26 Å². The van der Waals surface area contributed by atoms with Crippen LogP contribution >= 0.6 is 24.0 Å². The zero-order valence-electron chi connectivity index (χ0n) is 13.0. The monoisotopic (exact) mass is 419 g/mol. The van der Waals surface area contributed by atoms with E-state index in [-0.39, 0.29) is 24.0 Å². The molecule has 2 saturated heterocycles. The van der Waals surface area contributed by atoms with Crippen molar-refractivity contribution in [1.82, 2.24) is 10.2 Å². The molecule has 0 aliphatic carbocycles. The van der Waals surface area contributed by atoms with Gasteiger partial charge in [-0.3, -0.25) is 4.99 Å². The van der Waals surface area contributed by atoms with Crippen LogP contribution in [0.5, 0.6) is 0 Å². The van der Waals surface area contributed by atoms with Crippen LogP contribution < -0.4 is 5.32 Å². The topological polar surface area (TPSA) is 50.0 Å². The van der Waals surface area contributed by atoms with Gasteiger partial charge in [0.25, 0.3) is 0 Å². The number of aliphatic imine (C=N–C) groups is 1. The molecule has 1 unspecified atom stereocenters. The zero-order valence-corrected chi connectivity index (χ0v) is 15.3. The molecule has 1 aromatic rings. The van der Waals surface area contributed by atoms with Gasteiger partial charge in [-0.15, -0.1) is 24.0 Å². The molecular weight excluding hydrogens is 393 g/mol. The van der Waals surface area contributed by atoms with E-state index in [0.29, 0.717) is 6.10 Å². The summed E-state index contributed by atoms with van der Waals surface area (Å²) < 4.78 is 11.0. The van der Waals surface area contributed by atoms with Crippen molar-refractivity contribution in [3.05, 3.63) is 24.2 Å². The molecule has 0 saturated carbocycles. The third-order valence-corrected chi connectivity index (χ3v) is 4.11. The highest BCUT2D eigenvalue weighted by molar-refractivity contribution is 14.0. The highest BCUT2D eigenvalue weighted by Crippen LogP contribution is 2.13. The molecule has 0 amide bonds. The van der Waals surface area contributed by atoms with Gasteiger partial charge in [0.05, 0.1) is 18.9 Å². The predicted octanol–water partition coefficient (Wildman–Crippen LogP) is 2.66. The number of halogens is 1. The molecule has 0 aromatic carbocycles. The molecule has 0 bridgehead atoms. The Hall–Kier alpha value is -0.760. The fraction of sp³-hybridized carbons (Fsp3) is 0.688. The van der Waals surface area contributed by atoms with E-state index in [2.05, 4.69) is 10.2 Å². The second-order valence-electron chi connectivity index (χ2n) is 5.75. The van der Waals surface area contributed by atoms with Crippen LogP contribution in [-0.4, -0.2) is 49.7 Å². The summed E-state index contributed by atoms with van der Waals surface area (Å²) in [6.07, 6.45) is 7.77. The van der Waals surface area contributed by atoms with Gasteiger partial charge in [-0.2, -0.15) is 0 Å². The molecule has 3 heterocycles. The standard InChI is InChI=1S/C16H25N3O2.HI/c1-2-10-19(9-1)16(18-13-15-6-4-12-21-15)17-8-7-14-5-3-11-20-14;/h3,5,11,15H,1-2,4,6-10,12-13H2,(H,17,18);1H. The molecule has 2 fully saturated rings. The minimum atomic E-state index is 0. The minimum Gasteiger partial charge on any atom is -0.469 e. The molecule has 22 heavy (non-hydrogen) atoms. The van der Waals surface area contributed by atoms with Crippen molar-refractivity contribution < 1.29 is 9.15 Å². The summed E-state index contributed by atoms with van der Waals surface area (Å²) in [4.78, 5) is 7.14. The first-order valence-corrected chi connectivity index (χ1v) is 8.09. The highest BCUT2D eigenvalue weighted by atomic mass is 127. The largest absolute Gasteiger partial charge is 0.469 e.